The van der Waals surface area contributed by atoms with Crippen molar-refractivity contribution < 1.29 is 9.52 Å². The van der Waals surface area contributed by atoms with Crippen LogP contribution < -0.4 is 0 Å². The van der Waals surface area contributed by atoms with Crippen molar-refractivity contribution >= 4 is 34.5 Å². The molecule has 3 rings (SSSR count). The molecule has 0 spiro atoms. The number of oxazole rings is 1. The average molecular weight is 292 g/mol. The zero-order valence-electron chi connectivity index (χ0n) is 9.84. The van der Waals surface area contributed by atoms with E-state index in [4.69, 9.17) is 16.0 Å². The predicted molar refractivity (Wildman–Crippen MR) is 75.5 cm³/mol. The molecule has 2 aromatic carbocycles. The number of nitrogens with zero attached hydrogens (tertiary/aromatic N) is 1. The van der Waals surface area contributed by atoms with Crippen molar-refractivity contribution in [2.24, 2.45) is 0 Å². The smallest absolute Gasteiger partial charge is 0.261 e. The highest BCUT2D eigenvalue weighted by Crippen LogP contribution is 2.33. The highest BCUT2D eigenvalue weighted by atomic mass is 35.5. The van der Waals surface area contributed by atoms with E-state index in [9.17, 15) is 5.11 Å². The van der Waals surface area contributed by atoms with Gasteiger partial charge in [-0.3, -0.25) is 0 Å². The van der Waals surface area contributed by atoms with Gasteiger partial charge in [-0.2, -0.15) is 0 Å². The second-order valence-corrected chi connectivity index (χ2v) is 5.39. The summed E-state index contributed by atoms with van der Waals surface area (Å²) in [6, 6.07) is 13.0. The van der Waals surface area contributed by atoms with Crippen LogP contribution in [0.3, 0.4) is 0 Å². The number of halogens is 1. The van der Waals surface area contributed by atoms with Crippen LogP contribution in [0, 0.1) is 0 Å². The fraction of sp³-hybridized carbons (Fsp3) is 0.0714. The summed E-state index contributed by atoms with van der Waals surface area (Å²) in [5.41, 5.74) is 2.34. The topological polar surface area (TPSA) is 46.3 Å². The molecular formula is C14H10ClNO2S. The Bertz CT molecular complexity index is 693. The van der Waals surface area contributed by atoms with Crippen molar-refractivity contribution in [3.8, 4) is 0 Å². The molecule has 0 radical (unpaired) electrons. The summed E-state index contributed by atoms with van der Waals surface area (Å²) in [5.74, 6) is 0. The lowest BCUT2D eigenvalue weighted by molar-refractivity contribution is 0.279. The van der Waals surface area contributed by atoms with Crippen LogP contribution in [-0.2, 0) is 6.61 Å². The van der Waals surface area contributed by atoms with E-state index in [2.05, 4.69) is 4.98 Å². The van der Waals surface area contributed by atoms with Gasteiger partial charge in [0.1, 0.15) is 5.52 Å². The predicted octanol–water partition coefficient (Wildman–Crippen LogP) is 4.12. The quantitative estimate of drug-likeness (QED) is 0.788. The van der Waals surface area contributed by atoms with Gasteiger partial charge in [0.05, 0.1) is 6.61 Å². The van der Waals surface area contributed by atoms with Crippen LogP contribution in [0.4, 0.5) is 0 Å². The second-order valence-electron chi connectivity index (χ2n) is 3.96. The van der Waals surface area contributed by atoms with Crippen LogP contribution in [-0.4, -0.2) is 10.1 Å². The molecule has 5 heteroatoms. The number of hydrogen-bond acceptors (Lipinski definition) is 4. The molecule has 96 valence electrons. The molecule has 0 fully saturated rings. The van der Waals surface area contributed by atoms with Crippen molar-refractivity contribution in [2.75, 3.05) is 0 Å². The van der Waals surface area contributed by atoms with Crippen LogP contribution >= 0.6 is 23.4 Å². The fourth-order valence-corrected chi connectivity index (χ4v) is 2.81. The number of hydrogen-bond donors (Lipinski definition) is 1. The third-order valence-corrected chi connectivity index (χ3v) is 3.87. The Kier molecular flexibility index (Phi) is 3.46. The van der Waals surface area contributed by atoms with Gasteiger partial charge in [0.2, 0.25) is 0 Å². The number of aliphatic hydroxyl groups excluding tert-OH is 1. The normalized spacial score (nSPS) is 11.1. The van der Waals surface area contributed by atoms with E-state index in [-0.39, 0.29) is 6.61 Å². The number of fused-ring (bicyclic) bond motifs is 1. The van der Waals surface area contributed by atoms with Crippen molar-refractivity contribution in [3.05, 3.63) is 53.1 Å². The van der Waals surface area contributed by atoms with Gasteiger partial charge in [0, 0.05) is 9.92 Å². The largest absolute Gasteiger partial charge is 0.431 e. The third kappa shape index (κ3) is 2.61. The third-order valence-electron chi connectivity index (χ3n) is 2.66. The van der Waals surface area contributed by atoms with E-state index in [0.29, 0.717) is 10.2 Å². The molecule has 0 atom stereocenters. The molecule has 1 aromatic heterocycles. The molecule has 0 aliphatic rings. The summed E-state index contributed by atoms with van der Waals surface area (Å²) in [7, 11) is 0. The molecule has 3 aromatic rings. The molecule has 19 heavy (non-hydrogen) atoms. The van der Waals surface area contributed by atoms with Gasteiger partial charge in [0.25, 0.3) is 5.22 Å². The molecule has 0 amide bonds. The van der Waals surface area contributed by atoms with Crippen LogP contribution in [0.1, 0.15) is 5.56 Å². The number of para-hydroxylation sites is 2. The summed E-state index contributed by atoms with van der Waals surface area (Å²) < 4.78 is 5.64. The Balaban J connectivity index is 1.96. The number of aliphatic hydroxyl groups is 1. The van der Waals surface area contributed by atoms with Gasteiger partial charge >= 0.3 is 0 Å². The molecule has 0 saturated carbocycles. The Labute approximate surface area is 119 Å². The van der Waals surface area contributed by atoms with Crippen LogP contribution in [0.5, 0.6) is 0 Å². The summed E-state index contributed by atoms with van der Waals surface area (Å²) in [5, 5.41) is 10.5. The number of benzene rings is 2. The molecule has 1 N–H and O–H groups in total. The summed E-state index contributed by atoms with van der Waals surface area (Å²) >= 11 is 7.28. The minimum absolute atomic E-state index is 0.0663. The maximum absolute atomic E-state index is 9.34. The number of aromatic nitrogens is 1. The Morgan fingerprint density at radius 3 is 2.84 bits per heavy atom. The highest BCUT2D eigenvalue weighted by molar-refractivity contribution is 7.99. The van der Waals surface area contributed by atoms with Gasteiger partial charge < -0.3 is 9.52 Å². The molecular weight excluding hydrogens is 282 g/mol. The fourth-order valence-electron chi connectivity index (χ4n) is 1.76. The van der Waals surface area contributed by atoms with Gasteiger partial charge in [-0.1, -0.05) is 23.7 Å². The maximum atomic E-state index is 9.34. The van der Waals surface area contributed by atoms with Crippen LogP contribution in [0.2, 0.25) is 5.02 Å². The lowest BCUT2D eigenvalue weighted by atomic mass is 10.2. The van der Waals surface area contributed by atoms with Crippen molar-refractivity contribution in [1.82, 2.24) is 4.98 Å². The molecule has 0 aliphatic heterocycles. The first-order valence-electron chi connectivity index (χ1n) is 5.69. The highest BCUT2D eigenvalue weighted by Gasteiger charge is 2.10. The summed E-state index contributed by atoms with van der Waals surface area (Å²) in [4.78, 5) is 5.27. The lowest BCUT2D eigenvalue weighted by Crippen LogP contribution is -1.87. The van der Waals surface area contributed by atoms with Crippen molar-refractivity contribution in [2.45, 2.75) is 16.7 Å². The van der Waals surface area contributed by atoms with E-state index >= 15 is 0 Å². The Morgan fingerprint density at radius 1 is 1.21 bits per heavy atom. The summed E-state index contributed by atoms with van der Waals surface area (Å²) in [6.45, 7) is -0.0663. The Hall–Kier alpha value is -1.49. The van der Waals surface area contributed by atoms with Crippen molar-refractivity contribution in [1.29, 1.82) is 0 Å². The molecule has 0 saturated heterocycles. The van der Waals surface area contributed by atoms with Crippen LogP contribution in [0.15, 0.2) is 57.0 Å². The lowest BCUT2D eigenvalue weighted by Gasteiger charge is -2.04. The van der Waals surface area contributed by atoms with E-state index < -0.39 is 0 Å². The maximum Gasteiger partial charge on any atom is 0.261 e. The van der Waals surface area contributed by atoms with E-state index in [1.165, 1.54) is 11.8 Å². The molecule has 0 unspecified atom stereocenters. The first-order valence-corrected chi connectivity index (χ1v) is 6.88. The zero-order chi connectivity index (χ0) is 13.2. The molecule has 3 nitrogen and oxygen atoms in total. The van der Waals surface area contributed by atoms with Gasteiger partial charge in [-0.15, -0.1) is 0 Å². The van der Waals surface area contributed by atoms with E-state index in [1.54, 1.807) is 12.1 Å². The first-order chi connectivity index (χ1) is 9.26. The van der Waals surface area contributed by atoms with Crippen molar-refractivity contribution in [3.63, 3.8) is 0 Å². The average Bonchev–Trinajstić information content (AvgIpc) is 2.83. The zero-order valence-corrected chi connectivity index (χ0v) is 11.4. The molecule has 0 aliphatic carbocycles. The monoisotopic (exact) mass is 291 g/mol. The van der Waals surface area contributed by atoms with Crippen LogP contribution in [0.25, 0.3) is 11.1 Å². The van der Waals surface area contributed by atoms with Gasteiger partial charge in [0.15, 0.2) is 5.58 Å². The summed E-state index contributed by atoms with van der Waals surface area (Å²) in [6.07, 6.45) is 0. The van der Waals surface area contributed by atoms with Gasteiger partial charge in [-0.05, 0) is 47.7 Å². The molecule has 0 bridgehead atoms. The molecule has 1 heterocycles. The minimum Gasteiger partial charge on any atom is -0.431 e. The minimum atomic E-state index is -0.0663. The first kappa shape index (κ1) is 12.5. The number of rotatable bonds is 3. The second kappa shape index (κ2) is 5.25. The van der Waals surface area contributed by atoms with Gasteiger partial charge in [-0.25, -0.2) is 4.98 Å². The standard InChI is InChI=1S/C14H10ClNO2S/c15-10-5-6-13(9(7-10)8-17)19-14-16-11-3-1-2-4-12(11)18-14/h1-7,17H,8H2. The Morgan fingerprint density at radius 2 is 2.05 bits per heavy atom. The van der Waals surface area contributed by atoms with E-state index in [0.717, 1.165) is 21.6 Å². The van der Waals surface area contributed by atoms with E-state index in [1.807, 2.05) is 30.3 Å². The SMILES string of the molecule is OCc1cc(Cl)ccc1Sc1nc2ccccc2o1.